The van der Waals surface area contributed by atoms with Crippen molar-refractivity contribution < 1.29 is 27.8 Å². The molecule has 1 aromatic rings. The van der Waals surface area contributed by atoms with E-state index in [-0.39, 0.29) is 5.75 Å². The van der Waals surface area contributed by atoms with E-state index in [9.17, 15) is 23.1 Å². The fraction of sp³-hybridized carbons (Fsp3) is 0.533. The van der Waals surface area contributed by atoms with Crippen molar-refractivity contribution in [3.05, 3.63) is 29.8 Å². The number of alkyl halides is 3. The highest BCUT2D eigenvalue weighted by molar-refractivity contribution is 5.65. The predicted molar refractivity (Wildman–Crippen MR) is 70.0 cm³/mol. The zero-order chi connectivity index (χ0) is 15.5. The van der Waals surface area contributed by atoms with Gasteiger partial charge in [0.1, 0.15) is 12.0 Å². The lowest BCUT2D eigenvalue weighted by atomic mass is 9.73. The molecule has 2 rings (SSSR count). The second-order valence-electron chi connectivity index (χ2n) is 5.40. The first-order chi connectivity index (χ1) is 9.84. The Morgan fingerprint density at radius 1 is 1.24 bits per heavy atom. The summed E-state index contributed by atoms with van der Waals surface area (Å²) < 4.78 is 40.6. The summed E-state index contributed by atoms with van der Waals surface area (Å²) in [5.41, 5.74) is -0.840. The largest absolute Gasteiger partial charge is 0.573 e. The molecule has 1 atom stereocenters. The fourth-order valence-electron chi connectivity index (χ4n) is 2.90. The molecule has 1 saturated carbocycles. The minimum Gasteiger partial charge on any atom is -0.406 e. The monoisotopic (exact) mass is 302 g/mol. The maximum Gasteiger partial charge on any atom is 0.573 e. The quantitative estimate of drug-likeness (QED) is 0.865. The fourth-order valence-corrected chi connectivity index (χ4v) is 2.90. The van der Waals surface area contributed by atoms with Crippen LogP contribution in [0.5, 0.6) is 5.75 Å². The van der Waals surface area contributed by atoms with Gasteiger partial charge in [0.05, 0.1) is 11.5 Å². The summed E-state index contributed by atoms with van der Waals surface area (Å²) in [6.07, 6.45) is -0.624. The van der Waals surface area contributed by atoms with Gasteiger partial charge in [-0.05, 0) is 30.5 Å². The molecule has 6 heteroatoms. The molecule has 0 bridgehead atoms. The highest BCUT2D eigenvalue weighted by atomic mass is 19.4. The van der Waals surface area contributed by atoms with Gasteiger partial charge in [-0.1, -0.05) is 31.4 Å². The van der Waals surface area contributed by atoms with Crippen LogP contribution in [0.4, 0.5) is 13.2 Å². The van der Waals surface area contributed by atoms with Crippen LogP contribution in [-0.2, 0) is 4.79 Å². The van der Waals surface area contributed by atoms with Gasteiger partial charge in [-0.15, -0.1) is 13.2 Å². The molecule has 1 fully saturated rings. The van der Waals surface area contributed by atoms with Crippen molar-refractivity contribution in [2.45, 2.75) is 50.0 Å². The molecule has 1 N–H and O–H groups in total. The number of carbonyl (C=O) groups excluding carboxylic acids is 1. The van der Waals surface area contributed by atoms with Crippen molar-refractivity contribution in [1.29, 1.82) is 0 Å². The smallest absolute Gasteiger partial charge is 0.406 e. The Labute approximate surface area is 120 Å². The minimum absolute atomic E-state index is 0.344. The van der Waals surface area contributed by atoms with Crippen LogP contribution in [-0.4, -0.2) is 23.4 Å². The topological polar surface area (TPSA) is 46.5 Å². The van der Waals surface area contributed by atoms with E-state index in [1.54, 1.807) is 0 Å². The molecule has 1 aromatic carbocycles. The van der Waals surface area contributed by atoms with Crippen LogP contribution in [0.25, 0.3) is 0 Å². The first-order valence-corrected chi connectivity index (χ1v) is 6.87. The SMILES string of the molecule is O=C[C@H](c1cccc(OC(F)(F)F)c1)C1(O)CCCCC1. The van der Waals surface area contributed by atoms with Crippen molar-refractivity contribution in [3.63, 3.8) is 0 Å². The van der Waals surface area contributed by atoms with Crippen molar-refractivity contribution in [2.75, 3.05) is 0 Å². The average Bonchev–Trinajstić information content (AvgIpc) is 2.38. The van der Waals surface area contributed by atoms with E-state index >= 15 is 0 Å². The lowest BCUT2D eigenvalue weighted by Gasteiger charge is -2.36. The summed E-state index contributed by atoms with van der Waals surface area (Å²) in [6.45, 7) is 0. The van der Waals surface area contributed by atoms with Gasteiger partial charge in [0.15, 0.2) is 0 Å². The maximum atomic E-state index is 12.2. The maximum absolute atomic E-state index is 12.2. The summed E-state index contributed by atoms with van der Waals surface area (Å²) >= 11 is 0. The summed E-state index contributed by atoms with van der Waals surface area (Å²) in [5, 5.41) is 10.6. The number of rotatable bonds is 4. The molecule has 0 radical (unpaired) electrons. The molecule has 116 valence electrons. The molecule has 0 spiro atoms. The molecule has 0 aromatic heterocycles. The summed E-state index contributed by atoms with van der Waals surface area (Å²) in [6, 6.07) is 5.26. The van der Waals surface area contributed by atoms with Gasteiger partial charge in [0.2, 0.25) is 0 Å². The Kier molecular flexibility index (Phi) is 4.56. The number of halogens is 3. The zero-order valence-corrected chi connectivity index (χ0v) is 11.4. The molecule has 1 aliphatic rings. The van der Waals surface area contributed by atoms with Crippen LogP contribution in [0.15, 0.2) is 24.3 Å². The molecule has 21 heavy (non-hydrogen) atoms. The van der Waals surface area contributed by atoms with Gasteiger partial charge in [0.25, 0.3) is 0 Å². The third kappa shape index (κ3) is 3.97. The molecular weight excluding hydrogens is 285 g/mol. The van der Waals surface area contributed by atoms with Gasteiger partial charge < -0.3 is 14.6 Å². The number of hydrogen-bond donors (Lipinski definition) is 1. The lowest BCUT2D eigenvalue weighted by Crippen LogP contribution is -2.39. The van der Waals surface area contributed by atoms with Crippen molar-refractivity contribution in [3.8, 4) is 5.75 Å². The second-order valence-corrected chi connectivity index (χ2v) is 5.40. The van der Waals surface area contributed by atoms with E-state index in [1.165, 1.54) is 24.3 Å². The Balaban J connectivity index is 2.26. The average molecular weight is 302 g/mol. The zero-order valence-electron chi connectivity index (χ0n) is 11.4. The number of aldehydes is 1. The summed E-state index contributed by atoms with van der Waals surface area (Å²) in [7, 11) is 0. The molecule has 0 heterocycles. The molecule has 0 unspecified atom stereocenters. The second kappa shape index (κ2) is 6.05. The van der Waals surface area contributed by atoms with Crippen LogP contribution >= 0.6 is 0 Å². The van der Waals surface area contributed by atoms with Crippen LogP contribution in [0.3, 0.4) is 0 Å². The Morgan fingerprint density at radius 2 is 1.90 bits per heavy atom. The number of hydrogen-bond acceptors (Lipinski definition) is 3. The number of ether oxygens (including phenoxy) is 1. The van der Waals surface area contributed by atoms with Gasteiger partial charge >= 0.3 is 6.36 Å². The molecular formula is C15H17F3O3. The van der Waals surface area contributed by atoms with E-state index in [4.69, 9.17) is 0 Å². The highest BCUT2D eigenvalue weighted by Gasteiger charge is 2.39. The van der Waals surface area contributed by atoms with E-state index in [0.717, 1.165) is 19.3 Å². The predicted octanol–water partition coefficient (Wildman–Crippen LogP) is 3.56. The third-order valence-electron chi connectivity index (χ3n) is 3.89. The Hall–Kier alpha value is -1.56. The third-order valence-corrected chi connectivity index (χ3v) is 3.89. The van der Waals surface area contributed by atoms with Gasteiger partial charge in [-0.3, -0.25) is 0 Å². The van der Waals surface area contributed by atoms with Crippen LogP contribution < -0.4 is 4.74 Å². The highest BCUT2D eigenvalue weighted by Crippen LogP contribution is 2.39. The first-order valence-electron chi connectivity index (χ1n) is 6.87. The minimum atomic E-state index is -4.78. The van der Waals surface area contributed by atoms with E-state index < -0.39 is 17.9 Å². The number of aliphatic hydroxyl groups is 1. The van der Waals surface area contributed by atoms with Crippen LogP contribution in [0.2, 0.25) is 0 Å². The Bertz CT molecular complexity index is 493. The number of benzene rings is 1. The van der Waals surface area contributed by atoms with Crippen molar-refractivity contribution in [2.24, 2.45) is 0 Å². The Morgan fingerprint density at radius 3 is 2.48 bits per heavy atom. The van der Waals surface area contributed by atoms with Crippen molar-refractivity contribution in [1.82, 2.24) is 0 Å². The van der Waals surface area contributed by atoms with Gasteiger partial charge in [0, 0.05) is 0 Å². The molecule has 3 nitrogen and oxygen atoms in total. The molecule has 0 amide bonds. The van der Waals surface area contributed by atoms with Crippen LogP contribution in [0, 0.1) is 0 Å². The molecule has 1 aliphatic carbocycles. The summed E-state index contributed by atoms with van der Waals surface area (Å²) in [4.78, 5) is 11.4. The standard InChI is InChI=1S/C15H17F3O3/c16-15(17,18)21-12-6-4-5-11(9-12)13(10-19)14(20)7-2-1-3-8-14/h4-6,9-10,13,20H,1-3,7-8H2/t13-/m1/s1. The van der Waals surface area contributed by atoms with E-state index in [1.807, 2.05) is 0 Å². The summed E-state index contributed by atoms with van der Waals surface area (Å²) in [5.74, 6) is -1.22. The van der Waals surface area contributed by atoms with Crippen molar-refractivity contribution >= 4 is 6.29 Å². The van der Waals surface area contributed by atoms with Gasteiger partial charge in [-0.2, -0.15) is 0 Å². The molecule has 0 aliphatic heterocycles. The lowest BCUT2D eigenvalue weighted by molar-refractivity contribution is -0.274. The van der Waals surface area contributed by atoms with Crippen LogP contribution in [0.1, 0.15) is 43.6 Å². The van der Waals surface area contributed by atoms with E-state index in [2.05, 4.69) is 4.74 Å². The van der Waals surface area contributed by atoms with Gasteiger partial charge in [-0.25, -0.2) is 0 Å². The number of carbonyl (C=O) groups is 1. The normalized spacial score (nSPS) is 19.8. The van der Waals surface area contributed by atoms with E-state index in [0.29, 0.717) is 24.7 Å². The first kappa shape index (κ1) is 15.8. The molecule has 0 saturated heterocycles.